The molecule has 1 atom stereocenters. The summed E-state index contributed by atoms with van der Waals surface area (Å²) in [5.41, 5.74) is -0.661. The quantitative estimate of drug-likeness (QED) is 0.933. The Morgan fingerprint density at radius 3 is 2.58 bits per heavy atom. The fourth-order valence-corrected chi connectivity index (χ4v) is 1.63. The summed E-state index contributed by atoms with van der Waals surface area (Å²) in [7, 11) is 0. The Bertz CT molecular complexity index is 564. The molecule has 19 heavy (non-hydrogen) atoms. The lowest BCUT2D eigenvalue weighted by molar-refractivity contribution is -0.138. The van der Waals surface area contributed by atoms with Gasteiger partial charge in [0.25, 0.3) is 5.89 Å². The van der Waals surface area contributed by atoms with Gasteiger partial charge in [-0.05, 0) is 18.6 Å². The third-order valence-corrected chi connectivity index (χ3v) is 2.51. The Morgan fingerprint density at radius 2 is 2.00 bits per heavy atom. The second-order valence-corrected chi connectivity index (χ2v) is 4.06. The summed E-state index contributed by atoms with van der Waals surface area (Å²) >= 11 is 0. The lowest BCUT2D eigenvalue weighted by Crippen LogP contribution is -2.09. The zero-order chi connectivity index (χ0) is 14.0. The highest BCUT2D eigenvalue weighted by Gasteiger charge is 2.33. The van der Waals surface area contributed by atoms with Gasteiger partial charge < -0.3 is 9.63 Å². The maximum absolute atomic E-state index is 12.8. The maximum Gasteiger partial charge on any atom is 0.416 e. The molecule has 1 heterocycles. The van der Waals surface area contributed by atoms with Gasteiger partial charge in [-0.1, -0.05) is 23.4 Å². The minimum Gasteiger partial charge on any atom is -0.384 e. The van der Waals surface area contributed by atoms with Crippen molar-refractivity contribution in [1.82, 2.24) is 10.1 Å². The summed E-state index contributed by atoms with van der Waals surface area (Å²) < 4.78 is 43.1. The molecule has 0 aliphatic rings. The summed E-state index contributed by atoms with van der Waals surface area (Å²) in [6, 6.07) is 5.20. The van der Waals surface area contributed by atoms with Crippen molar-refractivity contribution >= 4 is 0 Å². The number of benzene rings is 1. The molecule has 0 bridgehead atoms. The molecule has 1 aromatic heterocycles. The Labute approximate surface area is 106 Å². The zero-order valence-electron chi connectivity index (χ0n) is 9.98. The van der Waals surface area contributed by atoms with E-state index in [1.807, 2.05) is 0 Å². The molecule has 2 aromatic rings. The van der Waals surface area contributed by atoms with Crippen molar-refractivity contribution in [3.8, 4) is 0 Å². The van der Waals surface area contributed by atoms with Crippen LogP contribution in [0.2, 0.25) is 0 Å². The lowest BCUT2D eigenvalue weighted by Gasteiger charge is -2.10. The molecule has 7 heteroatoms. The topological polar surface area (TPSA) is 59.2 Å². The molecule has 0 fully saturated rings. The molecule has 0 saturated heterocycles. The van der Waals surface area contributed by atoms with E-state index in [4.69, 9.17) is 4.52 Å². The molecule has 2 rings (SSSR count). The maximum atomic E-state index is 12.8. The van der Waals surface area contributed by atoms with Crippen LogP contribution < -0.4 is 0 Å². The van der Waals surface area contributed by atoms with Gasteiger partial charge in [0, 0.05) is 6.42 Å². The van der Waals surface area contributed by atoms with Crippen molar-refractivity contribution in [2.75, 3.05) is 0 Å². The molecule has 0 aliphatic carbocycles. The lowest BCUT2D eigenvalue weighted by atomic mass is 10.0. The van der Waals surface area contributed by atoms with E-state index in [1.165, 1.54) is 25.1 Å². The molecule has 0 aliphatic heterocycles. The van der Waals surface area contributed by atoms with Gasteiger partial charge >= 0.3 is 6.18 Å². The van der Waals surface area contributed by atoms with Gasteiger partial charge in [0.2, 0.25) is 0 Å². The molecular formula is C12H11F3N2O2. The number of rotatable bonds is 3. The number of alkyl halides is 3. The molecule has 0 spiro atoms. The largest absolute Gasteiger partial charge is 0.416 e. The van der Waals surface area contributed by atoms with Crippen molar-refractivity contribution in [3.63, 3.8) is 0 Å². The Hall–Kier alpha value is -1.89. The van der Waals surface area contributed by atoms with E-state index in [0.717, 1.165) is 6.07 Å². The van der Waals surface area contributed by atoms with Crippen molar-refractivity contribution in [3.05, 3.63) is 47.1 Å². The van der Waals surface area contributed by atoms with Crippen molar-refractivity contribution in [1.29, 1.82) is 0 Å². The molecule has 1 aromatic carbocycles. The molecule has 102 valence electrons. The highest BCUT2D eigenvalue weighted by Crippen LogP contribution is 2.32. The average Bonchev–Trinajstić information content (AvgIpc) is 2.77. The number of hydrogen-bond donors (Lipinski definition) is 1. The average molecular weight is 272 g/mol. The summed E-state index contributed by atoms with van der Waals surface area (Å²) in [6.07, 6.45) is -5.47. The predicted molar refractivity (Wildman–Crippen MR) is 59.2 cm³/mol. The van der Waals surface area contributed by atoms with E-state index in [-0.39, 0.29) is 23.7 Å². The normalized spacial score (nSPS) is 13.5. The van der Waals surface area contributed by atoms with Crippen LogP contribution in [0.1, 0.15) is 35.9 Å². The Kier molecular flexibility index (Phi) is 3.57. The van der Waals surface area contributed by atoms with Crippen LogP contribution in [0.15, 0.2) is 28.8 Å². The SMILES string of the molecule is CC(O)c1nc(Cc2ccccc2C(F)(F)F)no1. The van der Waals surface area contributed by atoms with Gasteiger partial charge in [0.15, 0.2) is 5.82 Å². The second-order valence-electron chi connectivity index (χ2n) is 4.06. The molecule has 1 N–H and O–H groups in total. The van der Waals surface area contributed by atoms with Crippen LogP contribution >= 0.6 is 0 Å². The molecular weight excluding hydrogens is 261 g/mol. The third-order valence-electron chi connectivity index (χ3n) is 2.51. The van der Waals surface area contributed by atoms with Crippen LogP contribution in [0.5, 0.6) is 0 Å². The highest BCUT2D eigenvalue weighted by molar-refractivity contribution is 5.31. The van der Waals surface area contributed by atoms with Crippen LogP contribution in [0, 0.1) is 0 Å². The van der Waals surface area contributed by atoms with Gasteiger partial charge in [0.1, 0.15) is 6.10 Å². The number of aromatic nitrogens is 2. The summed E-state index contributed by atoms with van der Waals surface area (Å²) in [6.45, 7) is 1.43. The van der Waals surface area contributed by atoms with Crippen LogP contribution in [0.4, 0.5) is 13.2 Å². The summed E-state index contributed by atoms with van der Waals surface area (Å²) in [5, 5.41) is 12.8. The minimum absolute atomic E-state index is 0.0144. The van der Waals surface area contributed by atoms with Crippen LogP contribution in [-0.4, -0.2) is 15.2 Å². The third kappa shape index (κ3) is 3.11. The van der Waals surface area contributed by atoms with E-state index >= 15 is 0 Å². The van der Waals surface area contributed by atoms with Gasteiger partial charge in [-0.2, -0.15) is 18.2 Å². The number of halogens is 3. The molecule has 1 unspecified atom stereocenters. The van der Waals surface area contributed by atoms with Gasteiger partial charge in [-0.3, -0.25) is 0 Å². The Balaban J connectivity index is 2.28. The fraction of sp³-hybridized carbons (Fsp3) is 0.333. The molecule has 0 saturated carbocycles. The number of aliphatic hydroxyl groups excluding tert-OH is 1. The van der Waals surface area contributed by atoms with Crippen molar-refractivity contribution < 1.29 is 22.8 Å². The smallest absolute Gasteiger partial charge is 0.384 e. The first-order valence-electron chi connectivity index (χ1n) is 5.53. The predicted octanol–water partition coefficient (Wildman–Crippen LogP) is 2.73. The summed E-state index contributed by atoms with van der Waals surface area (Å²) in [4.78, 5) is 3.83. The van der Waals surface area contributed by atoms with Gasteiger partial charge in [-0.25, -0.2) is 0 Å². The Morgan fingerprint density at radius 1 is 1.32 bits per heavy atom. The van der Waals surface area contributed by atoms with Gasteiger partial charge in [0.05, 0.1) is 5.56 Å². The first-order valence-corrected chi connectivity index (χ1v) is 5.53. The molecule has 4 nitrogen and oxygen atoms in total. The molecule has 0 radical (unpaired) electrons. The van der Waals surface area contributed by atoms with E-state index in [2.05, 4.69) is 10.1 Å². The zero-order valence-corrected chi connectivity index (χ0v) is 9.98. The number of hydrogen-bond acceptors (Lipinski definition) is 4. The van der Waals surface area contributed by atoms with E-state index in [0.29, 0.717) is 0 Å². The van der Waals surface area contributed by atoms with Crippen molar-refractivity contribution in [2.24, 2.45) is 0 Å². The minimum atomic E-state index is -4.42. The van der Waals surface area contributed by atoms with E-state index < -0.39 is 17.8 Å². The first-order chi connectivity index (χ1) is 8.88. The fourth-order valence-electron chi connectivity index (χ4n) is 1.63. The van der Waals surface area contributed by atoms with E-state index in [1.54, 1.807) is 0 Å². The standard InChI is InChI=1S/C12H11F3N2O2/c1-7(18)11-16-10(17-19-11)6-8-4-2-3-5-9(8)12(13,14)15/h2-5,7,18H,6H2,1H3. The monoisotopic (exact) mass is 272 g/mol. The first kappa shape index (κ1) is 13.5. The van der Waals surface area contributed by atoms with Gasteiger partial charge in [-0.15, -0.1) is 0 Å². The van der Waals surface area contributed by atoms with Crippen LogP contribution in [0.3, 0.4) is 0 Å². The van der Waals surface area contributed by atoms with Crippen LogP contribution in [0.25, 0.3) is 0 Å². The second kappa shape index (κ2) is 5.00. The highest BCUT2D eigenvalue weighted by atomic mass is 19.4. The number of nitrogens with zero attached hydrogens (tertiary/aromatic N) is 2. The van der Waals surface area contributed by atoms with Crippen LogP contribution in [-0.2, 0) is 12.6 Å². The van der Waals surface area contributed by atoms with Crippen molar-refractivity contribution in [2.45, 2.75) is 25.6 Å². The summed E-state index contributed by atoms with van der Waals surface area (Å²) in [5.74, 6) is 0.0899. The number of aliphatic hydroxyl groups is 1. The van der Waals surface area contributed by atoms with E-state index in [9.17, 15) is 18.3 Å². The molecule has 0 amide bonds.